The molecule has 97 valence electrons. The van der Waals surface area contributed by atoms with E-state index in [0.29, 0.717) is 0 Å². The minimum absolute atomic E-state index is 0. The van der Waals surface area contributed by atoms with E-state index in [1.165, 1.54) is 5.70 Å². The van der Waals surface area contributed by atoms with Crippen molar-refractivity contribution in [1.82, 2.24) is 0 Å². The molecule has 0 aromatic carbocycles. The van der Waals surface area contributed by atoms with E-state index in [1.807, 2.05) is 0 Å². The van der Waals surface area contributed by atoms with Gasteiger partial charge in [-0.15, -0.1) is 5.54 Å². The average molecular weight is 270 g/mol. The van der Waals surface area contributed by atoms with E-state index in [1.54, 1.807) is 0 Å². The molecule has 1 unspecified atom stereocenters. The molecular weight excluding hydrogens is 242 g/mol. The van der Waals surface area contributed by atoms with Gasteiger partial charge >= 0.3 is 21.7 Å². The van der Waals surface area contributed by atoms with Crippen molar-refractivity contribution in [2.75, 3.05) is 0 Å². The molecule has 0 aromatic rings. The van der Waals surface area contributed by atoms with E-state index in [4.69, 9.17) is 5.32 Å². The van der Waals surface area contributed by atoms with Crippen molar-refractivity contribution in [3.63, 3.8) is 0 Å². The van der Waals surface area contributed by atoms with Gasteiger partial charge in [-0.3, -0.25) is 0 Å². The minimum Gasteiger partial charge on any atom is -0.682 e. The topological polar surface area (TPSA) is 14.1 Å². The van der Waals surface area contributed by atoms with Crippen LogP contribution in [0.25, 0.3) is 5.32 Å². The van der Waals surface area contributed by atoms with Crippen LogP contribution in [-0.4, -0.2) is 5.54 Å². The summed E-state index contributed by atoms with van der Waals surface area (Å²) in [6.07, 6.45) is 8.48. The fourth-order valence-corrected chi connectivity index (χ4v) is 1.61. The van der Waals surface area contributed by atoms with Crippen molar-refractivity contribution in [2.45, 2.75) is 53.0 Å². The molecule has 0 spiro atoms. The number of rotatable bonds is 3. The molecule has 1 atom stereocenters. The quantitative estimate of drug-likeness (QED) is 0.487. The zero-order chi connectivity index (χ0) is 10.8. The Balaban J connectivity index is -0.000000653. The van der Waals surface area contributed by atoms with E-state index in [2.05, 4.69) is 52.8 Å². The predicted molar refractivity (Wildman–Crippen MR) is 76.2 cm³/mol. The monoisotopic (exact) mass is 270 g/mol. The number of hydrogen-bond donors (Lipinski definition) is 0. The van der Waals surface area contributed by atoms with Crippen molar-refractivity contribution in [3.05, 3.63) is 44.1 Å². The molecule has 1 rings (SSSR count). The van der Waals surface area contributed by atoms with Gasteiger partial charge in [0.15, 0.2) is 0 Å². The average Bonchev–Trinajstić information content (AvgIpc) is 2.54. The van der Waals surface area contributed by atoms with Gasteiger partial charge in [0.2, 0.25) is 0 Å². The molecule has 1 aliphatic carbocycles. The van der Waals surface area contributed by atoms with Crippen LogP contribution in [-0.2, 0) is 21.7 Å². The summed E-state index contributed by atoms with van der Waals surface area (Å²) < 4.78 is 0. The zero-order valence-electron chi connectivity index (χ0n) is 12.6. The second-order valence-electron chi connectivity index (χ2n) is 5.28. The van der Waals surface area contributed by atoms with Crippen molar-refractivity contribution >= 4 is 0 Å². The third-order valence-electron chi connectivity index (χ3n) is 3.45. The van der Waals surface area contributed by atoms with Gasteiger partial charge in [-0.25, -0.2) is 0 Å². The summed E-state index contributed by atoms with van der Waals surface area (Å²) in [5.41, 5.74) is 1.51. The molecule has 17 heavy (non-hydrogen) atoms. The van der Waals surface area contributed by atoms with Gasteiger partial charge in [-0.2, -0.15) is 5.70 Å². The summed E-state index contributed by atoms with van der Waals surface area (Å²) >= 11 is 0. The maximum atomic E-state index is 4.90. The second-order valence-corrected chi connectivity index (χ2v) is 5.28. The van der Waals surface area contributed by atoms with Gasteiger partial charge in [0, 0.05) is 0 Å². The summed E-state index contributed by atoms with van der Waals surface area (Å²) in [5, 5.41) is 4.90. The van der Waals surface area contributed by atoms with Gasteiger partial charge in [0.25, 0.3) is 0 Å². The molecule has 0 aliphatic heterocycles. The summed E-state index contributed by atoms with van der Waals surface area (Å²) in [7, 11) is 0. The van der Waals surface area contributed by atoms with E-state index < -0.39 is 0 Å². The van der Waals surface area contributed by atoms with Gasteiger partial charge in [-0.1, -0.05) is 59.3 Å². The van der Waals surface area contributed by atoms with Crippen molar-refractivity contribution in [3.8, 4) is 0 Å². The molecule has 0 N–H and O–H groups in total. The first-order valence-electron chi connectivity index (χ1n) is 5.48. The summed E-state index contributed by atoms with van der Waals surface area (Å²) in [6.45, 7) is 11.3. The van der Waals surface area contributed by atoms with Crippen LogP contribution >= 0.6 is 0 Å². The van der Waals surface area contributed by atoms with Crippen LogP contribution in [0, 0.1) is 20.3 Å². The molecule has 2 heteroatoms. The van der Waals surface area contributed by atoms with Crippen molar-refractivity contribution in [2.24, 2.45) is 5.41 Å². The second kappa shape index (κ2) is 8.16. The molecule has 0 heterocycles. The maximum Gasteiger partial charge on any atom is 3.00 e. The number of nitrogens with zero attached hydrogens (tertiary/aromatic N) is 1. The molecule has 1 radical (unpaired) electrons. The van der Waals surface area contributed by atoms with Gasteiger partial charge in [0.1, 0.15) is 0 Å². The Kier molecular flexibility index (Phi) is 10.7. The molecule has 1 aliphatic rings. The Bertz CT molecular complexity index is 261. The molecule has 0 fully saturated rings. The molecule has 0 saturated heterocycles. The van der Waals surface area contributed by atoms with E-state index in [0.717, 1.165) is 12.8 Å². The van der Waals surface area contributed by atoms with Gasteiger partial charge in [0.05, 0.1) is 0 Å². The Labute approximate surface area is 124 Å². The van der Waals surface area contributed by atoms with Crippen molar-refractivity contribution in [1.29, 1.82) is 0 Å². The fraction of sp³-hybridized carbons (Fsp3) is 0.600. The third kappa shape index (κ3) is 5.44. The first-order valence-corrected chi connectivity index (χ1v) is 5.48. The van der Waals surface area contributed by atoms with Crippen LogP contribution in [0.15, 0.2) is 23.9 Å². The fourth-order valence-electron chi connectivity index (χ4n) is 1.61. The van der Waals surface area contributed by atoms with Crippen LogP contribution in [0.2, 0.25) is 0 Å². The smallest absolute Gasteiger partial charge is 0.682 e. The van der Waals surface area contributed by atoms with Crippen LogP contribution in [0.5, 0.6) is 0 Å². The van der Waals surface area contributed by atoms with Crippen LogP contribution in [0.3, 0.4) is 0 Å². The summed E-state index contributed by atoms with van der Waals surface area (Å²) in [5.74, 6) is 0. The van der Waals surface area contributed by atoms with E-state index in [9.17, 15) is 0 Å². The Morgan fingerprint density at radius 2 is 1.71 bits per heavy atom. The molecule has 1 nitrogen and oxygen atoms in total. The first-order chi connectivity index (χ1) is 6.39. The summed E-state index contributed by atoms with van der Waals surface area (Å²) in [6, 6.07) is 0. The molecule has 0 amide bonds. The SMILES string of the molecule is CCC(C)([N-]C1=CC=CC1)C(C)(C)C.[CH3-].[CH3-].[Ti+3]. The van der Waals surface area contributed by atoms with E-state index >= 15 is 0 Å². The van der Waals surface area contributed by atoms with Gasteiger partial charge < -0.3 is 20.2 Å². The standard InChI is InChI=1S/C13H22N.2CH3.Ti/c1-6-13(5,12(2,3)4)14-11-9-7-8-10-11;;;/h7-9H,6,10H2,1-5H3;2*1H3;/q3*-1;+3. The zero-order valence-corrected chi connectivity index (χ0v) is 14.2. The minimum atomic E-state index is 0. The third-order valence-corrected chi connectivity index (χ3v) is 3.45. The van der Waals surface area contributed by atoms with Gasteiger partial charge in [-0.05, 0) is 11.8 Å². The normalized spacial score (nSPS) is 16.9. The Morgan fingerprint density at radius 1 is 1.18 bits per heavy atom. The van der Waals surface area contributed by atoms with Crippen LogP contribution in [0.4, 0.5) is 0 Å². The predicted octanol–water partition coefficient (Wildman–Crippen LogP) is 5.32. The van der Waals surface area contributed by atoms with E-state index in [-0.39, 0.29) is 47.5 Å². The maximum absolute atomic E-state index is 4.90. The van der Waals surface area contributed by atoms with Crippen molar-refractivity contribution < 1.29 is 21.7 Å². The largest absolute Gasteiger partial charge is 3.00 e. The first kappa shape index (κ1) is 22.2. The molecule has 0 saturated carbocycles. The Morgan fingerprint density at radius 3 is 2.00 bits per heavy atom. The van der Waals surface area contributed by atoms with Crippen LogP contribution < -0.4 is 0 Å². The molecule has 0 bridgehead atoms. The summed E-state index contributed by atoms with van der Waals surface area (Å²) in [4.78, 5) is 0. The molecular formula is C15H28NTi. The number of allylic oxidation sites excluding steroid dienone is 3. The number of hydrogen-bond acceptors (Lipinski definition) is 0. The Hall–Kier alpha value is -0.00571. The molecule has 0 aromatic heterocycles. The van der Waals surface area contributed by atoms with Crippen LogP contribution in [0.1, 0.15) is 47.5 Å².